The van der Waals surface area contributed by atoms with E-state index in [1.54, 1.807) is 35.6 Å². The van der Waals surface area contributed by atoms with Crippen molar-refractivity contribution < 1.29 is 27.0 Å². The molecule has 68 heavy (non-hydrogen) atoms. The first-order valence-electron chi connectivity index (χ1n) is 23.3. The fraction of sp³-hybridized carbons (Fsp3) is 0.420. The second kappa shape index (κ2) is 15.6. The number of carbonyl (C=O) groups excluding carboxylic acids is 1. The highest BCUT2D eigenvalue weighted by atomic mass is 32.2. The number of hydrogen-bond acceptors (Lipinski definition) is 9. The van der Waals surface area contributed by atoms with Crippen molar-refractivity contribution in [1.82, 2.24) is 38.5 Å². The molecule has 0 bridgehead atoms. The van der Waals surface area contributed by atoms with Crippen LogP contribution in [0.1, 0.15) is 116 Å². The third-order valence-corrected chi connectivity index (χ3v) is 16.8. The summed E-state index contributed by atoms with van der Waals surface area (Å²) in [4.78, 5) is 47.3. The number of aromatic nitrogens is 7. The third-order valence-electron chi connectivity index (χ3n) is 14.8. The highest BCUT2D eigenvalue weighted by Crippen LogP contribution is 2.56. The van der Waals surface area contributed by atoms with Gasteiger partial charge in [0.2, 0.25) is 0 Å². The molecule has 4 aromatic heterocycles. The van der Waals surface area contributed by atoms with E-state index >= 15 is 13.6 Å². The van der Waals surface area contributed by atoms with Crippen LogP contribution in [0.25, 0.3) is 28.1 Å². The third kappa shape index (κ3) is 7.12. The average molecular weight is 946 g/mol. The Balaban J connectivity index is 1.03. The van der Waals surface area contributed by atoms with Gasteiger partial charge >= 0.3 is 11.4 Å². The molecule has 18 heteroatoms. The molecule has 2 N–H and O–H groups in total. The second-order valence-corrected chi connectivity index (χ2v) is 22.2. The van der Waals surface area contributed by atoms with E-state index in [0.29, 0.717) is 64.9 Å². The molecule has 0 spiro atoms. The number of hydrogen-bond donors (Lipinski definition) is 2. The van der Waals surface area contributed by atoms with E-state index in [1.807, 2.05) is 30.5 Å². The number of H-pyrrole nitrogens is 1. The maximum atomic E-state index is 16.0. The van der Waals surface area contributed by atoms with E-state index in [4.69, 9.17) is 19.1 Å². The molecule has 3 fully saturated rings. The fourth-order valence-corrected chi connectivity index (χ4v) is 12.8. The lowest BCUT2D eigenvalue weighted by atomic mass is 9.83. The van der Waals surface area contributed by atoms with Gasteiger partial charge in [0.15, 0.2) is 5.82 Å². The van der Waals surface area contributed by atoms with Crippen LogP contribution in [0.5, 0.6) is 0 Å². The number of imidazole rings is 1. The van der Waals surface area contributed by atoms with Gasteiger partial charge in [-0.3, -0.25) is 23.4 Å². The summed E-state index contributed by atoms with van der Waals surface area (Å²) in [6.07, 6.45) is 7.35. The standard InChI is InChI=1S/C50H53F2N9O6S/c1-27-19-35(20-28(2)43(27)52)61-44(59-17-16-58(48(59)64)40-12-10-36(23-37(40)51)68(53,65)26-31-7-8-31)42-30(4)57(15-13-38(42)55-61)45(62)41-22-34-21-32(33-14-18-66-49(5,6)25-33)9-11-39(34)60(41)50(24-29(50)3)46-54-47(63)67-56-46/h9-12,16-17,19-23,29-31,33,53H,7-8,13-15,18,24-26H2,1-6H3,(H,54,56,63)/t29-,30-,33-,50-,68?/m0/s1. The summed E-state index contributed by atoms with van der Waals surface area (Å²) >= 11 is 0. The van der Waals surface area contributed by atoms with Crippen LogP contribution in [-0.4, -0.2) is 73.1 Å². The largest absolute Gasteiger partial charge is 0.438 e. The highest BCUT2D eigenvalue weighted by molar-refractivity contribution is 7.92. The van der Waals surface area contributed by atoms with Crippen LogP contribution < -0.4 is 11.4 Å². The van der Waals surface area contributed by atoms with Gasteiger partial charge in [-0.1, -0.05) is 18.1 Å². The monoisotopic (exact) mass is 945 g/mol. The number of rotatable bonds is 10. The van der Waals surface area contributed by atoms with Crippen LogP contribution in [-0.2, 0) is 26.4 Å². The molecule has 5 atom stereocenters. The predicted molar refractivity (Wildman–Crippen MR) is 250 cm³/mol. The van der Waals surface area contributed by atoms with Gasteiger partial charge in [0.05, 0.1) is 43.3 Å². The maximum Gasteiger partial charge on any atom is 0.438 e. The number of benzene rings is 3. The van der Waals surface area contributed by atoms with E-state index in [0.717, 1.165) is 52.8 Å². The van der Waals surface area contributed by atoms with Crippen LogP contribution in [0.15, 0.2) is 86.0 Å². The Kier molecular flexibility index (Phi) is 10.1. The lowest BCUT2D eigenvalue weighted by molar-refractivity contribution is -0.0592. The van der Waals surface area contributed by atoms with Gasteiger partial charge in [0.25, 0.3) is 5.91 Å². The molecule has 1 unspecified atom stereocenters. The van der Waals surface area contributed by atoms with Crippen LogP contribution in [0, 0.1) is 42.1 Å². The van der Waals surface area contributed by atoms with E-state index in [1.165, 1.54) is 29.1 Å². The van der Waals surface area contributed by atoms with Crippen molar-refractivity contribution in [3.8, 4) is 17.2 Å². The molecule has 1 amide bonds. The summed E-state index contributed by atoms with van der Waals surface area (Å²) in [5.41, 5.74) is 2.89. The number of amides is 1. The zero-order valence-electron chi connectivity index (χ0n) is 38.8. The summed E-state index contributed by atoms with van der Waals surface area (Å²) < 4.78 is 70.1. The molecule has 2 saturated carbocycles. The summed E-state index contributed by atoms with van der Waals surface area (Å²) in [5, 5.41) is 10.1. The van der Waals surface area contributed by atoms with E-state index in [2.05, 4.69) is 36.1 Å². The number of nitrogens with zero attached hydrogens (tertiary/aromatic N) is 7. The average Bonchev–Trinajstić information content (AvgIpc) is 3.93. The van der Waals surface area contributed by atoms with Crippen molar-refractivity contribution >= 4 is 26.5 Å². The smallest absolute Gasteiger partial charge is 0.376 e. The zero-order valence-corrected chi connectivity index (χ0v) is 39.6. The molecular formula is C50H53F2N9O6S. The van der Waals surface area contributed by atoms with Gasteiger partial charge in [-0.05, 0) is 150 Å². The van der Waals surface area contributed by atoms with Crippen LogP contribution >= 0.6 is 0 Å². The molecule has 354 valence electrons. The SMILES string of the molecule is Cc1cc(-n2nc3c(c2-n2ccn(-c4ccc(S(=N)(=O)CC5CC5)cc4F)c2=O)[C@H](C)N(C(=O)c2cc4cc([C@H]5CCOC(C)(C)C5)ccc4n2[C@@]2(c4noc(=O)[nH]4)C[C@@H]2C)CC3)cc(C)c1F. The Morgan fingerprint density at radius 3 is 2.37 bits per heavy atom. The molecule has 2 aliphatic heterocycles. The Morgan fingerprint density at radius 2 is 1.71 bits per heavy atom. The highest BCUT2D eigenvalue weighted by Gasteiger charge is 2.59. The topological polar surface area (TPSA) is 179 Å². The van der Waals surface area contributed by atoms with Gasteiger partial charge in [0.1, 0.15) is 28.7 Å². The summed E-state index contributed by atoms with van der Waals surface area (Å²) in [5.74, 6) is -0.930. The van der Waals surface area contributed by atoms with Crippen LogP contribution in [0.3, 0.4) is 0 Å². The Hall–Kier alpha value is -6.40. The zero-order chi connectivity index (χ0) is 47.8. The molecule has 6 heterocycles. The molecule has 11 rings (SSSR count). The van der Waals surface area contributed by atoms with E-state index in [-0.39, 0.29) is 58.0 Å². The minimum Gasteiger partial charge on any atom is -0.376 e. The number of aromatic amines is 1. The van der Waals surface area contributed by atoms with Crippen LogP contribution in [0.4, 0.5) is 8.78 Å². The quantitative estimate of drug-likeness (QED) is 0.137. The minimum atomic E-state index is -3.23. The number of carbonyl (C=O) groups is 1. The molecule has 7 aromatic rings. The number of aryl methyl sites for hydroxylation is 2. The summed E-state index contributed by atoms with van der Waals surface area (Å²) in [6, 6.07) is 14.8. The van der Waals surface area contributed by atoms with E-state index in [9.17, 15) is 13.8 Å². The van der Waals surface area contributed by atoms with Crippen molar-refractivity contribution in [2.24, 2.45) is 11.8 Å². The molecule has 2 aliphatic carbocycles. The van der Waals surface area contributed by atoms with Crippen LogP contribution in [0.2, 0.25) is 0 Å². The molecular weight excluding hydrogens is 893 g/mol. The fourth-order valence-electron chi connectivity index (χ4n) is 11.0. The van der Waals surface area contributed by atoms with Crippen molar-refractivity contribution in [1.29, 1.82) is 4.78 Å². The van der Waals surface area contributed by atoms with Gasteiger partial charge < -0.3 is 14.2 Å². The first kappa shape index (κ1) is 44.1. The lowest BCUT2D eigenvalue weighted by Gasteiger charge is -2.35. The number of nitrogens with one attached hydrogen (secondary N) is 2. The van der Waals surface area contributed by atoms with Crippen molar-refractivity contribution in [3.63, 3.8) is 0 Å². The molecule has 15 nitrogen and oxygen atoms in total. The Labute approximate surface area is 390 Å². The minimum absolute atomic E-state index is 0.0185. The summed E-state index contributed by atoms with van der Waals surface area (Å²) in [6.45, 7) is 12.4. The molecule has 0 radical (unpaired) electrons. The lowest BCUT2D eigenvalue weighted by Crippen LogP contribution is -2.41. The number of halogens is 2. The molecule has 3 aromatic carbocycles. The van der Waals surface area contributed by atoms with E-state index < -0.39 is 38.6 Å². The van der Waals surface area contributed by atoms with Gasteiger partial charge in [-0.2, -0.15) is 5.10 Å². The number of ether oxygens (including phenoxy) is 1. The first-order chi connectivity index (χ1) is 32.3. The summed E-state index contributed by atoms with van der Waals surface area (Å²) in [7, 11) is -3.23. The van der Waals surface area contributed by atoms with Crippen molar-refractivity contribution in [3.05, 3.63) is 139 Å². The molecule has 1 saturated heterocycles. The Bertz CT molecular complexity index is 3440. The molecule has 4 aliphatic rings. The normalized spacial score (nSPS) is 23.2. The Morgan fingerprint density at radius 1 is 0.971 bits per heavy atom. The van der Waals surface area contributed by atoms with Crippen molar-refractivity contribution in [2.45, 2.75) is 108 Å². The van der Waals surface area contributed by atoms with Gasteiger partial charge in [0, 0.05) is 54.2 Å². The van der Waals surface area contributed by atoms with Gasteiger partial charge in [-0.25, -0.2) is 32.0 Å². The predicted octanol–water partition coefficient (Wildman–Crippen LogP) is 8.37. The maximum absolute atomic E-state index is 16.0. The van der Waals surface area contributed by atoms with Gasteiger partial charge in [-0.15, -0.1) is 0 Å². The second-order valence-electron chi connectivity index (χ2n) is 20.1. The first-order valence-corrected chi connectivity index (χ1v) is 25.0. The number of fused-ring (bicyclic) bond motifs is 2. The van der Waals surface area contributed by atoms with Crippen molar-refractivity contribution in [2.75, 3.05) is 18.9 Å².